The van der Waals surface area contributed by atoms with E-state index in [4.69, 9.17) is 0 Å². The van der Waals surface area contributed by atoms with E-state index in [1.165, 1.54) is 25.1 Å². The minimum absolute atomic E-state index is 0.0420. The Balaban J connectivity index is 1.75. The van der Waals surface area contributed by atoms with Crippen molar-refractivity contribution in [1.29, 1.82) is 0 Å². The summed E-state index contributed by atoms with van der Waals surface area (Å²) in [6, 6.07) is 16.1. The second-order valence-corrected chi connectivity index (χ2v) is 6.99. The van der Waals surface area contributed by atoms with Gasteiger partial charge in [0.1, 0.15) is 5.82 Å². The molecule has 0 bridgehead atoms. The third-order valence-corrected chi connectivity index (χ3v) is 4.74. The molecule has 6 nitrogen and oxygen atoms in total. The highest BCUT2D eigenvalue weighted by Gasteiger charge is 2.16. The van der Waals surface area contributed by atoms with Crippen molar-refractivity contribution in [3.63, 3.8) is 0 Å². The van der Waals surface area contributed by atoms with Crippen molar-refractivity contribution in [2.45, 2.75) is 11.8 Å². The van der Waals surface area contributed by atoms with Crippen molar-refractivity contribution >= 4 is 27.3 Å². The van der Waals surface area contributed by atoms with Gasteiger partial charge >= 0.3 is 0 Å². The van der Waals surface area contributed by atoms with Crippen molar-refractivity contribution in [1.82, 2.24) is 10.2 Å². The van der Waals surface area contributed by atoms with E-state index in [-0.39, 0.29) is 16.3 Å². The zero-order valence-corrected chi connectivity index (χ0v) is 14.1. The Morgan fingerprint density at radius 2 is 1.60 bits per heavy atom. The quantitative estimate of drug-likeness (QED) is 0.730. The maximum atomic E-state index is 13.3. The van der Waals surface area contributed by atoms with Crippen LogP contribution in [0.4, 0.5) is 21.7 Å². The molecule has 2 aromatic carbocycles. The highest BCUT2D eigenvalue weighted by molar-refractivity contribution is 7.92. The average molecular weight is 358 g/mol. The van der Waals surface area contributed by atoms with E-state index in [0.29, 0.717) is 5.82 Å². The van der Waals surface area contributed by atoms with Gasteiger partial charge in [-0.15, -0.1) is 10.2 Å². The molecule has 0 unspecified atom stereocenters. The molecule has 8 heteroatoms. The fourth-order valence-electron chi connectivity index (χ4n) is 2.10. The molecule has 0 aliphatic rings. The Kier molecular flexibility index (Phi) is 4.62. The van der Waals surface area contributed by atoms with Crippen LogP contribution in [0.25, 0.3) is 0 Å². The number of benzene rings is 2. The van der Waals surface area contributed by atoms with E-state index in [2.05, 4.69) is 20.2 Å². The second-order valence-electron chi connectivity index (χ2n) is 5.31. The summed E-state index contributed by atoms with van der Waals surface area (Å²) in [6.45, 7) is 1.50. The number of aromatic nitrogens is 2. The maximum absolute atomic E-state index is 13.3. The lowest BCUT2D eigenvalue weighted by Crippen LogP contribution is -2.14. The summed E-state index contributed by atoms with van der Waals surface area (Å²) >= 11 is 0. The monoisotopic (exact) mass is 358 g/mol. The summed E-state index contributed by atoms with van der Waals surface area (Å²) in [7, 11) is -3.86. The number of aryl methyl sites for hydroxylation is 1. The number of anilines is 3. The van der Waals surface area contributed by atoms with Gasteiger partial charge in [0.15, 0.2) is 11.6 Å². The highest BCUT2D eigenvalue weighted by Crippen LogP contribution is 2.18. The average Bonchev–Trinajstić information content (AvgIpc) is 2.60. The Bertz CT molecular complexity index is 977. The number of halogens is 1. The topological polar surface area (TPSA) is 84.0 Å². The first-order valence-electron chi connectivity index (χ1n) is 7.39. The van der Waals surface area contributed by atoms with Crippen LogP contribution in [0.2, 0.25) is 0 Å². The minimum atomic E-state index is -3.86. The number of hydrogen-bond donors (Lipinski definition) is 2. The molecule has 3 rings (SSSR count). The zero-order chi connectivity index (χ0) is 17.9. The molecule has 0 spiro atoms. The van der Waals surface area contributed by atoms with Crippen LogP contribution >= 0.6 is 0 Å². The Labute approximate surface area is 144 Å². The number of rotatable bonds is 5. The van der Waals surface area contributed by atoms with Crippen molar-refractivity contribution in [3.05, 3.63) is 72.0 Å². The van der Waals surface area contributed by atoms with Gasteiger partial charge in [-0.1, -0.05) is 18.2 Å². The van der Waals surface area contributed by atoms with Crippen LogP contribution in [0.5, 0.6) is 0 Å². The third kappa shape index (κ3) is 4.10. The number of nitrogens with one attached hydrogen (secondary N) is 2. The van der Waals surface area contributed by atoms with Crippen LogP contribution in [-0.2, 0) is 10.0 Å². The van der Waals surface area contributed by atoms with Crippen LogP contribution in [0.15, 0.2) is 65.6 Å². The molecule has 0 aliphatic carbocycles. The van der Waals surface area contributed by atoms with Crippen LogP contribution in [-0.4, -0.2) is 18.6 Å². The Hall–Kier alpha value is -3.00. The number of hydrogen-bond acceptors (Lipinski definition) is 5. The normalized spacial score (nSPS) is 11.1. The van der Waals surface area contributed by atoms with E-state index in [1.807, 2.05) is 30.3 Å². The summed E-state index contributed by atoms with van der Waals surface area (Å²) in [5.74, 6) is 0.0856. The lowest BCUT2D eigenvalue weighted by molar-refractivity contribution is 0.598. The van der Waals surface area contributed by atoms with Gasteiger partial charge < -0.3 is 5.32 Å². The van der Waals surface area contributed by atoms with E-state index in [1.54, 1.807) is 6.07 Å². The summed E-state index contributed by atoms with van der Waals surface area (Å²) in [4.78, 5) is -0.0420. The maximum Gasteiger partial charge on any atom is 0.263 e. The van der Waals surface area contributed by atoms with Gasteiger partial charge in [0.05, 0.1) is 4.90 Å². The van der Waals surface area contributed by atoms with Gasteiger partial charge in [-0.3, -0.25) is 4.72 Å². The summed E-state index contributed by atoms with van der Waals surface area (Å²) in [6.07, 6.45) is 0. The van der Waals surface area contributed by atoms with Crippen LogP contribution in [0.1, 0.15) is 5.56 Å². The van der Waals surface area contributed by atoms with Crippen molar-refractivity contribution in [2.75, 3.05) is 10.0 Å². The molecule has 0 radical (unpaired) electrons. The van der Waals surface area contributed by atoms with E-state index >= 15 is 0 Å². The minimum Gasteiger partial charge on any atom is -0.339 e. The first kappa shape index (κ1) is 16.8. The lowest BCUT2D eigenvalue weighted by atomic mass is 10.2. The summed E-state index contributed by atoms with van der Waals surface area (Å²) in [5.41, 5.74) is 1.09. The fourth-order valence-corrected chi connectivity index (χ4v) is 3.18. The molecular formula is C17H15FN4O2S. The standard InChI is InChI=1S/C17H15FN4O2S/c1-12-11-14(7-8-15(12)18)25(23,24)22-17-10-9-16(20-21-17)19-13-5-3-2-4-6-13/h2-11H,1H3,(H,19,20)(H,21,22). The van der Waals surface area contributed by atoms with E-state index in [0.717, 1.165) is 11.8 Å². The number of sulfonamides is 1. The SMILES string of the molecule is Cc1cc(S(=O)(=O)Nc2ccc(Nc3ccccc3)nn2)ccc1F. The first-order chi connectivity index (χ1) is 11.9. The molecule has 0 saturated carbocycles. The van der Waals surface area contributed by atoms with Crippen LogP contribution in [0.3, 0.4) is 0 Å². The highest BCUT2D eigenvalue weighted by atomic mass is 32.2. The predicted molar refractivity (Wildman–Crippen MR) is 93.7 cm³/mol. The lowest BCUT2D eigenvalue weighted by Gasteiger charge is -2.09. The zero-order valence-electron chi connectivity index (χ0n) is 13.3. The van der Waals surface area contributed by atoms with Crippen LogP contribution in [0, 0.1) is 12.7 Å². The molecule has 0 aliphatic heterocycles. The molecule has 1 heterocycles. The largest absolute Gasteiger partial charge is 0.339 e. The molecule has 0 fully saturated rings. The van der Waals surface area contributed by atoms with E-state index < -0.39 is 15.8 Å². The number of para-hydroxylation sites is 1. The van der Waals surface area contributed by atoms with Gasteiger partial charge in [-0.05, 0) is 55.0 Å². The molecule has 0 saturated heterocycles. The van der Waals surface area contributed by atoms with Crippen LogP contribution < -0.4 is 10.0 Å². The number of nitrogens with zero attached hydrogens (tertiary/aromatic N) is 2. The molecule has 0 atom stereocenters. The Morgan fingerprint density at radius 3 is 2.24 bits per heavy atom. The molecule has 0 amide bonds. The molecule has 2 N–H and O–H groups in total. The van der Waals surface area contributed by atoms with Crippen molar-refractivity contribution in [3.8, 4) is 0 Å². The molecule has 1 aromatic heterocycles. The van der Waals surface area contributed by atoms with E-state index in [9.17, 15) is 12.8 Å². The van der Waals surface area contributed by atoms with Gasteiger partial charge in [-0.25, -0.2) is 12.8 Å². The summed E-state index contributed by atoms with van der Waals surface area (Å²) in [5, 5.41) is 10.8. The third-order valence-electron chi connectivity index (χ3n) is 3.39. The first-order valence-corrected chi connectivity index (χ1v) is 8.87. The van der Waals surface area contributed by atoms with Crippen molar-refractivity contribution < 1.29 is 12.8 Å². The molecule has 25 heavy (non-hydrogen) atoms. The van der Waals surface area contributed by atoms with Gasteiger partial charge in [0, 0.05) is 5.69 Å². The smallest absolute Gasteiger partial charge is 0.263 e. The fraction of sp³-hybridized carbons (Fsp3) is 0.0588. The molecular weight excluding hydrogens is 343 g/mol. The molecule has 128 valence electrons. The molecule has 3 aromatic rings. The second kappa shape index (κ2) is 6.86. The van der Waals surface area contributed by atoms with Gasteiger partial charge in [-0.2, -0.15) is 0 Å². The summed E-state index contributed by atoms with van der Waals surface area (Å²) < 4.78 is 40.3. The Morgan fingerprint density at radius 1 is 0.920 bits per heavy atom. The van der Waals surface area contributed by atoms with Gasteiger partial charge in [0.2, 0.25) is 0 Å². The van der Waals surface area contributed by atoms with Gasteiger partial charge in [0.25, 0.3) is 10.0 Å². The van der Waals surface area contributed by atoms with Crippen molar-refractivity contribution in [2.24, 2.45) is 0 Å². The predicted octanol–water partition coefficient (Wildman–Crippen LogP) is 3.47.